The molecule has 0 amide bonds. The van der Waals surface area contributed by atoms with Crippen molar-refractivity contribution >= 4 is 110 Å². The lowest BCUT2D eigenvalue weighted by Crippen LogP contribution is -2.30. The minimum absolute atomic E-state index is 0.707. The number of hydrogen-bond acceptors (Lipinski definition) is 3. The molecule has 0 aliphatic heterocycles. The summed E-state index contributed by atoms with van der Waals surface area (Å²) in [6.07, 6.45) is 3.83. The molecule has 0 fully saturated rings. The van der Waals surface area contributed by atoms with Gasteiger partial charge < -0.3 is 18.3 Å². The van der Waals surface area contributed by atoms with Crippen LogP contribution in [0.25, 0.3) is 104 Å². The Bertz CT molecular complexity index is 4170. The average Bonchev–Trinajstić information content (AvgIpc) is 4.03. The molecule has 5 heterocycles. The summed E-state index contributed by atoms with van der Waals surface area (Å²) in [6.45, 7) is 0. The van der Waals surface area contributed by atoms with Crippen LogP contribution in [0.15, 0.2) is 231 Å². The maximum Gasteiger partial charge on any atom is 0.173 e. The van der Waals surface area contributed by atoms with Gasteiger partial charge in [0.1, 0.15) is 0 Å². The van der Waals surface area contributed by atoms with Gasteiger partial charge in [-0.3, -0.25) is 4.98 Å². The van der Waals surface area contributed by atoms with E-state index in [0.717, 1.165) is 115 Å². The fourth-order valence-corrected chi connectivity index (χ4v) is 14.0. The van der Waals surface area contributed by atoms with Gasteiger partial charge in [-0.1, -0.05) is 170 Å². The molecular formula is C60H38N5OP. The highest BCUT2D eigenvalue weighted by atomic mass is 31.2. The van der Waals surface area contributed by atoms with E-state index in [1.54, 1.807) is 0 Å². The van der Waals surface area contributed by atoms with Crippen LogP contribution in [-0.2, 0) is 4.57 Å². The van der Waals surface area contributed by atoms with Crippen LogP contribution >= 0.6 is 7.14 Å². The zero-order valence-corrected chi connectivity index (χ0v) is 36.9. The van der Waals surface area contributed by atoms with Crippen LogP contribution in [0.2, 0.25) is 0 Å². The quantitative estimate of drug-likeness (QED) is 0.124. The van der Waals surface area contributed by atoms with Crippen molar-refractivity contribution < 1.29 is 4.57 Å². The molecule has 0 aliphatic carbocycles. The summed E-state index contributed by atoms with van der Waals surface area (Å²) >= 11 is 0. The van der Waals surface area contributed by atoms with Crippen molar-refractivity contribution in [2.45, 2.75) is 0 Å². The Kier molecular flexibility index (Phi) is 8.16. The lowest BCUT2D eigenvalue weighted by Gasteiger charge is -2.30. The van der Waals surface area contributed by atoms with Gasteiger partial charge in [0, 0.05) is 66.1 Å². The minimum Gasteiger partial charge on any atom is -0.309 e. The van der Waals surface area contributed by atoms with E-state index in [9.17, 15) is 0 Å². The SMILES string of the molecule is O=P(c1ccccc1)(c1ccccc1)c1c(-n2c3ccccc3c3cnccc32)c(-n2c3ccccc3c3ccccc32)c(-n2c3ccccc3c3ccccc32)c2nc3ccccc3cc12. The number of hydrogen-bond donors (Lipinski definition) is 0. The van der Waals surface area contributed by atoms with Crippen LogP contribution in [0, 0.1) is 0 Å². The van der Waals surface area contributed by atoms with Crippen molar-refractivity contribution in [2.75, 3.05) is 0 Å². The summed E-state index contributed by atoms with van der Waals surface area (Å²) in [5.74, 6) is 0. The van der Waals surface area contributed by atoms with E-state index in [-0.39, 0.29) is 0 Å². The Morgan fingerprint density at radius 2 is 0.761 bits per heavy atom. The molecule has 0 bridgehead atoms. The van der Waals surface area contributed by atoms with Crippen LogP contribution in [0.1, 0.15) is 0 Å². The molecule has 314 valence electrons. The fourth-order valence-electron chi connectivity index (χ4n) is 11.0. The summed E-state index contributed by atoms with van der Waals surface area (Å²) in [4.78, 5) is 10.5. The molecule has 7 heteroatoms. The number of nitrogens with zero attached hydrogens (tertiary/aromatic N) is 5. The second-order valence-electron chi connectivity index (χ2n) is 17.2. The molecule has 0 aliphatic rings. The summed E-state index contributed by atoms with van der Waals surface area (Å²) in [5.41, 5.74) is 10.2. The standard InChI is InChI=1S/C60H38N5OP/c66-67(40-20-3-1-4-21-40,41-22-5-2-6-23-41)60-47-37-39-19-7-13-29-49(39)62-56(47)57(63-50-30-14-8-24-42(50)43-25-9-15-31-51(43)63)58(64-52-32-16-10-26-44(52)45-27-11-17-33-53(45)64)59(60)65-54-34-18-12-28-46(54)48-38-61-36-35-55(48)65/h1-38H. The van der Waals surface area contributed by atoms with Gasteiger partial charge in [-0.25, -0.2) is 4.98 Å². The summed E-state index contributed by atoms with van der Waals surface area (Å²) in [5, 5.41) is 10.5. The van der Waals surface area contributed by atoms with Crippen molar-refractivity contribution in [3.63, 3.8) is 0 Å². The van der Waals surface area contributed by atoms with Crippen molar-refractivity contribution in [1.82, 2.24) is 23.7 Å². The first-order valence-electron chi connectivity index (χ1n) is 22.6. The Hall–Kier alpha value is -8.57. The molecular weight excluding hydrogens is 838 g/mol. The predicted octanol–water partition coefficient (Wildman–Crippen LogP) is 13.7. The molecule has 5 aromatic heterocycles. The number of aromatic nitrogens is 5. The lowest BCUT2D eigenvalue weighted by atomic mass is 10.0. The summed E-state index contributed by atoms with van der Waals surface area (Å²) in [7, 11) is -3.88. The van der Waals surface area contributed by atoms with Crippen LogP contribution in [0.4, 0.5) is 0 Å². The maximum atomic E-state index is 18.0. The van der Waals surface area contributed by atoms with Crippen LogP contribution in [0.5, 0.6) is 0 Å². The maximum absolute atomic E-state index is 18.0. The second-order valence-corrected chi connectivity index (χ2v) is 19.9. The molecule has 0 saturated heterocycles. The van der Waals surface area contributed by atoms with Crippen molar-refractivity contribution in [1.29, 1.82) is 0 Å². The van der Waals surface area contributed by atoms with Gasteiger partial charge in [0.25, 0.3) is 0 Å². The minimum atomic E-state index is -3.88. The molecule has 67 heavy (non-hydrogen) atoms. The Balaban J connectivity index is 1.38. The molecule has 0 atom stereocenters. The number of benzene rings is 9. The molecule has 14 aromatic rings. The Morgan fingerprint density at radius 1 is 0.358 bits per heavy atom. The van der Waals surface area contributed by atoms with E-state index < -0.39 is 7.14 Å². The summed E-state index contributed by atoms with van der Waals surface area (Å²) in [6, 6.07) is 76.1. The highest BCUT2D eigenvalue weighted by Gasteiger charge is 2.40. The van der Waals surface area contributed by atoms with Crippen molar-refractivity contribution in [3.05, 3.63) is 231 Å². The van der Waals surface area contributed by atoms with Gasteiger partial charge in [-0.05, 0) is 48.5 Å². The van der Waals surface area contributed by atoms with Crippen LogP contribution in [-0.4, -0.2) is 23.7 Å². The normalized spacial score (nSPS) is 12.2. The Morgan fingerprint density at radius 3 is 1.28 bits per heavy atom. The van der Waals surface area contributed by atoms with Gasteiger partial charge in [0.05, 0.1) is 66.5 Å². The smallest absolute Gasteiger partial charge is 0.173 e. The van der Waals surface area contributed by atoms with Crippen molar-refractivity contribution in [3.8, 4) is 17.1 Å². The second kappa shape index (κ2) is 14.5. The first-order valence-corrected chi connectivity index (χ1v) is 24.3. The molecule has 0 radical (unpaired) electrons. The molecule has 9 aromatic carbocycles. The summed E-state index contributed by atoms with van der Waals surface area (Å²) < 4.78 is 25.2. The molecule has 14 rings (SSSR count). The van der Waals surface area contributed by atoms with Crippen molar-refractivity contribution in [2.24, 2.45) is 0 Å². The predicted molar refractivity (Wildman–Crippen MR) is 279 cm³/mol. The third-order valence-electron chi connectivity index (χ3n) is 13.7. The number of para-hydroxylation sites is 6. The van der Waals surface area contributed by atoms with E-state index in [1.165, 1.54) is 0 Å². The average molecular weight is 876 g/mol. The number of fused-ring (bicyclic) bond motifs is 11. The first kappa shape index (κ1) is 37.8. The fraction of sp³-hybridized carbons (Fsp3) is 0. The van der Waals surface area contributed by atoms with Crippen LogP contribution < -0.4 is 15.9 Å². The molecule has 0 spiro atoms. The topological polar surface area (TPSA) is 57.6 Å². The number of pyridine rings is 2. The monoisotopic (exact) mass is 875 g/mol. The van der Waals surface area contributed by atoms with E-state index in [1.807, 2.05) is 73.1 Å². The largest absolute Gasteiger partial charge is 0.309 e. The van der Waals surface area contributed by atoms with E-state index in [0.29, 0.717) is 5.30 Å². The van der Waals surface area contributed by atoms with Gasteiger partial charge in [0.15, 0.2) is 7.14 Å². The van der Waals surface area contributed by atoms with E-state index >= 15 is 4.57 Å². The molecule has 0 unspecified atom stereocenters. The number of rotatable bonds is 6. The van der Waals surface area contributed by atoms with E-state index in [2.05, 4.69) is 171 Å². The molecule has 0 saturated carbocycles. The first-order chi connectivity index (χ1) is 33.2. The Labute approximate surface area is 384 Å². The van der Waals surface area contributed by atoms with Gasteiger partial charge >= 0.3 is 0 Å². The lowest BCUT2D eigenvalue weighted by molar-refractivity contribution is 0.592. The zero-order valence-electron chi connectivity index (χ0n) is 36.0. The van der Waals surface area contributed by atoms with Crippen LogP contribution in [0.3, 0.4) is 0 Å². The highest BCUT2D eigenvalue weighted by Crippen LogP contribution is 2.52. The van der Waals surface area contributed by atoms with Gasteiger partial charge in [-0.15, -0.1) is 0 Å². The molecule has 0 N–H and O–H groups in total. The van der Waals surface area contributed by atoms with Gasteiger partial charge in [-0.2, -0.15) is 0 Å². The van der Waals surface area contributed by atoms with Gasteiger partial charge in [0.2, 0.25) is 0 Å². The third kappa shape index (κ3) is 5.30. The highest BCUT2D eigenvalue weighted by molar-refractivity contribution is 7.86. The van der Waals surface area contributed by atoms with E-state index in [4.69, 9.17) is 9.97 Å². The molecule has 6 nitrogen and oxygen atoms in total. The zero-order chi connectivity index (χ0) is 44.2. The third-order valence-corrected chi connectivity index (χ3v) is 16.9.